The summed E-state index contributed by atoms with van der Waals surface area (Å²) in [5.74, 6) is -1.93. The lowest BCUT2D eigenvalue weighted by Crippen LogP contribution is -2.36. The van der Waals surface area contributed by atoms with Crippen LogP contribution in [0.15, 0.2) is 36.4 Å². The first-order chi connectivity index (χ1) is 11.4. The zero-order valence-electron chi connectivity index (χ0n) is 11.9. The van der Waals surface area contributed by atoms with E-state index in [1.165, 1.54) is 24.3 Å². The molecule has 0 bridgehead atoms. The molecule has 0 aliphatic carbocycles. The number of amides is 2. The highest BCUT2D eigenvalue weighted by Crippen LogP contribution is 2.34. The molecule has 0 atom stereocenters. The fraction of sp³-hybridized carbons (Fsp3) is 0.0625. The zero-order valence-corrected chi connectivity index (χ0v) is 14.2. The van der Waals surface area contributed by atoms with Gasteiger partial charge in [-0.25, -0.2) is 4.79 Å². The third-order valence-electron chi connectivity index (χ3n) is 3.36. The van der Waals surface area contributed by atoms with Gasteiger partial charge in [0.05, 0.1) is 26.2 Å². The van der Waals surface area contributed by atoms with E-state index in [1.807, 2.05) is 0 Å². The summed E-state index contributed by atoms with van der Waals surface area (Å²) in [5.41, 5.74) is 0.505. The van der Waals surface area contributed by atoms with Crippen LogP contribution in [0.25, 0.3) is 0 Å². The van der Waals surface area contributed by atoms with E-state index in [2.05, 4.69) is 0 Å². The Kier molecular flexibility index (Phi) is 4.49. The molecular weight excluding hydrogens is 377 g/mol. The van der Waals surface area contributed by atoms with Crippen molar-refractivity contribution in [1.29, 1.82) is 0 Å². The Labute approximate surface area is 151 Å². The lowest BCUT2D eigenvalue weighted by molar-refractivity contribution is -0.134. The van der Waals surface area contributed by atoms with Crippen LogP contribution in [0.2, 0.25) is 15.1 Å². The van der Waals surface area contributed by atoms with E-state index >= 15 is 0 Å². The van der Waals surface area contributed by atoms with E-state index in [0.29, 0.717) is 0 Å². The van der Waals surface area contributed by atoms with Crippen molar-refractivity contribution in [2.75, 3.05) is 6.54 Å². The van der Waals surface area contributed by atoms with Gasteiger partial charge in [0.2, 0.25) is 0 Å². The standard InChI is InChI=1S/C16H8Cl3NO4/c17-10-5-12(19)13(6-11(10)18)24-14(21)7-20-15(22)8-3-1-2-4-9(8)16(20)23/h1-6H,7H2. The highest BCUT2D eigenvalue weighted by molar-refractivity contribution is 6.43. The molecule has 1 aliphatic heterocycles. The van der Waals surface area contributed by atoms with Gasteiger partial charge < -0.3 is 4.74 Å². The maximum atomic E-state index is 12.2. The second kappa shape index (κ2) is 6.43. The molecule has 122 valence electrons. The molecule has 3 rings (SSSR count). The van der Waals surface area contributed by atoms with Gasteiger partial charge >= 0.3 is 5.97 Å². The Bertz CT molecular complexity index is 847. The molecule has 0 radical (unpaired) electrons. The maximum Gasteiger partial charge on any atom is 0.331 e. The summed E-state index contributed by atoms with van der Waals surface area (Å²) in [5, 5.41) is 0.450. The van der Waals surface area contributed by atoms with E-state index in [0.717, 1.165) is 4.90 Å². The topological polar surface area (TPSA) is 63.7 Å². The molecule has 0 saturated carbocycles. The van der Waals surface area contributed by atoms with Gasteiger partial charge in [0.25, 0.3) is 11.8 Å². The molecular formula is C16H8Cl3NO4. The van der Waals surface area contributed by atoms with Crippen molar-refractivity contribution in [1.82, 2.24) is 4.90 Å². The Morgan fingerprint density at radius 1 is 0.917 bits per heavy atom. The molecule has 2 amide bonds. The molecule has 5 nitrogen and oxygen atoms in total. The number of carbonyl (C=O) groups excluding carboxylic acids is 3. The number of imide groups is 1. The molecule has 2 aromatic carbocycles. The monoisotopic (exact) mass is 383 g/mol. The predicted octanol–water partition coefficient (Wildman–Crippen LogP) is 3.85. The second-order valence-corrected chi connectivity index (χ2v) is 6.13. The highest BCUT2D eigenvalue weighted by Gasteiger charge is 2.36. The molecule has 0 N–H and O–H groups in total. The first-order valence-corrected chi connectivity index (χ1v) is 7.82. The van der Waals surface area contributed by atoms with Gasteiger partial charge in [0, 0.05) is 6.07 Å². The number of rotatable bonds is 3. The summed E-state index contributed by atoms with van der Waals surface area (Å²) >= 11 is 17.6. The summed E-state index contributed by atoms with van der Waals surface area (Å²) < 4.78 is 5.08. The number of benzene rings is 2. The summed E-state index contributed by atoms with van der Waals surface area (Å²) in [6, 6.07) is 8.94. The number of halogens is 3. The molecule has 2 aromatic rings. The van der Waals surface area contributed by atoms with Crippen LogP contribution in [0.3, 0.4) is 0 Å². The van der Waals surface area contributed by atoms with Gasteiger partial charge in [-0.05, 0) is 18.2 Å². The minimum absolute atomic E-state index is 0.00678. The summed E-state index contributed by atoms with van der Waals surface area (Å²) in [6.07, 6.45) is 0. The van der Waals surface area contributed by atoms with Gasteiger partial charge in [-0.3, -0.25) is 14.5 Å². The number of hydrogen-bond donors (Lipinski definition) is 0. The smallest absolute Gasteiger partial charge is 0.331 e. The average Bonchev–Trinajstić information content (AvgIpc) is 2.78. The minimum Gasteiger partial charge on any atom is -0.424 e. The third kappa shape index (κ3) is 2.98. The van der Waals surface area contributed by atoms with E-state index in [9.17, 15) is 14.4 Å². The molecule has 0 saturated heterocycles. The molecule has 24 heavy (non-hydrogen) atoms. The summed E-state index contributed by atoms with van der Waals surface area (Å²) in [4.78, 5) is 37.3. The van der Waals surface area contributed by atoms with Crippen molar-refractivity contribution in [3.63, 3.8) is 0 Å². The van der Waals surface area contributed by atoms with Crippen molar-refractivity contribution in [3.05, 3.63) is 62.6 Å². The number of fused-ring (bicyclic) bond motifs is 1. The van der Waals surface area contributed by atoms with Crippen LogP contribution in [-0.4, -0.2) is 29.2 Å². The molecule has 0 fully saturated rings. The SMILES string of the molecule is O=C(CN1C(=O)c2ccccc2C1=O)Oc1cc(Cl)c(Cl)cc1Cl. The second-order valence-electron chi connectivity index (χ2n) is 4.91. The number of carbonyl (C=O) groups is 3. The number of hydrogen-bond acceptors (Lipinski definition) is 4. The Morgan fingerprint density at radius 3 is 2.04 bits per heavy atom. The normalized spacial score (nSPS) is 13.2. The Balaban J connectivity index is 1.76. The molecule has 0 spiro atoms. The summed E-state index contributed by atoms with van der Waals surface area (Å²) in [7, 11) is 0. The van der Waals surface area contributed by atoms with Crippen LogP contribution in [0.5, 0.6) is 5.75 Å². The molecule has 0 aromatic heterocycles. The van der Waals surface area contributed by atoms with Crippen LogP contribution in [0.4, 0.5) is 0 Å². The largest absolute Gasteiger partial charge is 0.424 e. The molecule has 8 heteroatoms. The quantitative estimate of drug-likeness (QED) is 0.349. The third-order valence-corrected chi connectivity index (χ3v) is 4.38. The van der Waals surface area contributed by atoms with Crippen molar-refractivity contribution in [2.24, 2.45) is 0 Å². The van der Waals surface area contributed by atoms with Crippen LogP contribution < -0.4 is 4.74 Å². The van der Waals surface area contributed by atoms with E-state index < -0.39 is 24.3 Å². The van der Waals surface area contributed by atoms with E-state index in [4.69, 9.17) is 39.5 Å². The number of esters is 1. The van der Waals surface area contributed by atoms with Crippen LogP contribution in [0, 0.1) is 0 Å². The van der Waals surface area contributed by atoms with Gasteiger partial charge in [-0.2, -0.15) is 0 Å². The molecule has 0 unspecified atom stereocenters. The predicted molar refractivity (Wildman–Crippen MR) is 88.9 cm³/mol. The zero-order chi connectivity index (χ0) is 17.4. The van der Waals surface area contributed by atoms with Crippen LogP contribution in [-0.2, 0) is 4.79 Å². The van der Waals surface area contributed by atoms with Crippen LogP contribution >= 0.6 is 34.8 Å². The van der Waals surface area contributed by atoms with Gasteiger partial charge in [-0.15, -0.1) is 0 Å². The Morgan fingerprint density at radius 2 is 1.46 bits per heavy atom. The van der Waals surface area contributed by atoms with Gasteiger partial charge in [0.15, 0.2) is 5.75 Å². The van der Waals surface area contributed by atoms with Crippen LogP contribution in [0.1, 0.15) is 20.7 Å². The number of nitrogens with zero attached hydrogens (tertiary/aromatic N) is 1. The van der Waals surface area contributed by atoms with Crippen molar-refractivity contribution >= 4 is 52.6 Å². The van der Waals surface area contributed by atoms with Gasteiger partial charge in [0.1, 0.15) is 6.54 Å². The lowest BCUT2D eigenvalue weighted by atomic mass is 10.1. The highest BCUT2D eigenvalue weighted by atomic mass is 35.5. The maximum absolute atomic E-state index is 12.2. The van der Waals surface area contributed by atoms with E-state index in [-0.39, 0.29) is 31.9 Å². The fourth-order valence-corrected chi connectivity index (χ4v) is 2.82. The summed E-state index contributed by atoms with van der Waals surface area (Å²) in [6.45, 7) is -0.539. The lowest BCUT2D eigenvalue weighted by Gasteiger charge is -2.13. The van der Waals surface area contributed by atoms with Crippen molar-refractivity contribution < 1.29 is 19.1 Å². The van der Waals surface area contributed by atoms with E-state index in [1.54, 1.807) is 12.1 Å². The molecule has 1 aliphatic rings. The first kappa shape index (κ1) is 16.8. The average molecular weight is 385 g/mol. The fourth-order valence-electron chi connectivity index (χ4n) is 2.25. The Hall–Kier alpha value is -2.08. The first-order valence-electron chi connectivity index (χ1n) is 6.69. The van der Waals surface area contributed by atoms with Crippen molar-refractivity contribution in [2.45, 2.75) is 0 Å². The van der Waals surface area contributed by atoms with Gasteiger partial charge in [-0.1, -0.05) is 46.9 Å². The number of ether oxygens (including phenoxy) is 1. The molecule has 1 heterocycles. The minimum atomic E-state index is -0.829. The van der Waals surface area contributed by atoms with Crippen molar-refractivity contribution in [3.8, 4) is 5.75 Å².